The van der Waals surface area contributed by atoms with Crippen molar-refractivity contribution < 1.29 is 9.53 Å². The molecule has 4 heteroatoms. The zero-order chi connectivity index (χ0) is 14.7. The summed E-state index contributed by atoms with van der Waals surface area (Å²) in [6.07, 6.45) is 0. The molecule has 0 heterocycles. The van der Waals surface area contributed by atoms with Gasteiger partial charge >= 0.3 is 0 Å². The molecule has 0 aliphatic carbocycles. The predicted octanol–water partition coefficient (Wildman–Crippen LogP) is 2.86. The minimum Gasteiger partial charge on any atom is -0.495 e. The average molecular weight is 270 g/mol. The van der Waals surface area contributed by atoms with Crippen LogP contribution in [0.25, 0.3) is 0 Å². The number of rotatable bonds is 3. The monoisotopic (exact) mass is 270 g/mol. The number of carbonyl (C=O) groups excluding carboxylic acids is 1. The van der Waals surface area contributed by atoms with Gasteiger partial charge in [-0.1, -0.05) is 23.8 Å². The number of nitrogens with zero attached hydrogens (tertiary/aromatic N) is 1. The first-order chi connectivity index (χ1) is 9.54. The molecule has 20 heavy (non-hydrogen) atoms. The van der Waals surface area contributed by atoms with E-state index in [0.717, 1.165) is 5.56 Å². The molecule has 0 aromatic heterocycles. The first-order valence-electron chi connectivity index (χ1n) is 6.31. The fourth-order valence-corrected chi connectivity index (χ4v) is 2.05. The van der Waals surface area contributed by atoms with Crippen LogP contribution in [-0.2, 0) is 0 Å². The van der Waals surface area contributed by atoms with Gasteiger partial charge in [-0.2, -0.15) is 0 Å². The number of ether oxygens (including phenoxy) is 1. The van der Waals surface area contributed by atoms with Crippen molar-refractivity contribution >= 4 is 17.3 Å². The maximum Gasteiger partial charge on any atom is 0.260 e. The first-order valence-corrected chi connectivity index (χ1v) is 6.31. The summed E-state index contributed by atoms with van der Waals surface area (Å²) in [4.78, 5) is 14.1. The van der Waals surface area contributed by atoms with Crippen molar-refractivity contribution in [3.63, 3.8) is 0 Å². The summed E-state index contributed by atoms with van der Waals surface area (Å²) < 4.78 is 5.28. The fourth-order valence-electron chi connectivity index (χ4n) is 2.05. The Hall–Kier alpha value is -2.49. The summed E-state index contributed by atoms with van der Waals surface area (Å²) in [5.74, 6) is 0.491. The van der Waals surface area contributed by atoms with Gasteiger partial charge in [0.15, 0.2) is 0 Å². The molecule has 0 radical (unpaired) electrons. The van der Waals surface area contributed by atoms with Gasteiger partial charge in [0, 0.05) is 12.7 Å². The molecule has 0 spiro atoms. The van der Waals surface area contributed by atoms with Gasteiger partial charge in [0.1, 0.15) is 5.75 Å². The number of hydrogen-bond donors (Lipinski definition) is 1. The molecule has 0 saturated heterocycles. The quantitative estimate of drug-likeness (QED) is 0.872. The highest BCUT2D eigenvalue weighted by atomic mass is 16.5. The molecule has 0 aliphatic rings. The molecule has 0 atom stereocenters. The second kappa shape index (κ2) is 5.65. The van der Waals surface area contributed by atoms with E-state index in [9.17, 15) is 4.79 Å². The highest BCUT2D eigenvalue weighted by Gasteiger charge is 2.18. The minimum atomic E-state index is -0.157. The van der Waals surface area contributed by atoms with Crippen LogP contribution in [0.3, 0.4) is 0 Å². The topological polar surface area (TPSA) is 55.6 Å². The summed E-state index contributed by atoms with van der Waals surface area (Å²) in [5.41, 5.74) is 8.58. The van der Waals surface area contributed by atoms with Gasteiger partial charge in [-0.3, -0.25) is 4.79 Å². The standard InChI is InChI=1S/C16H18N2O2/c1-11-8-9-13(17)12(10-11)16(19)18(2)14-6-4-5-7-15(14)20-3/h4-10H,17H2,1-3H3. The lowest BCUT2D eigenvalue weighted by molar-refractivity contribution is 0.0993. The SMILES string of the molecule is COc1ccccc1N(C)C(=O)c1cc(C)ccc1N. The summed E-state index contributed by atoms with van der Waals surface area (Å²) in [6, 6.07) is 12.8. The van der Waals surface area contributed by atoms with Gasteiger partial charge in [-0.05, 0) is 31.2 Å². The lowest BCUT2D eigenvalue weighted by Gasteiger charge is -2.20. The second-order valence-electron chi connectivity index (χ2n) is 4.63. The van der Waals surface area contributed by atoms with E-state index in [1.54, 1.807) is 31.2 Å². The van der Waals surface area contributed by atoms with E-state index in [-0.39, 0.29) is 5.91 Å². The van der Waals surface area contributed by atoms with Crippen LogP contribution in [0.2, 0.25) is 0 Å². The van der Waals surface area contributed by atoms with Crippen molar-refractivity contribution in [2.75, 3.05) is 24.8 Å². The number of nitrogen functional groups attached to an aromatic ring is 1. The summed E-state index contributed by atoms with van der Waals surface area (Å²) in [5, 5.41) is 0. The largest absolute Gasteiger partial charge is 0.495 e. The van der Waals surface area contributed by atoms with Crippen LogP contribution in [0.4, 0.5) is 11.4 Å². The highest BCUT2D eigenvalue weighted by molar-refractivity contribution is 6.09. The number of aryl methyl sites for hydroxylation is 1. The lowest BCUT2D eigenvalue weighted by Crippen LogP contribution is -2.27. The van der Waals surface area contributed by atoms with Crippen LogP contribution in [0.15, 0.2) is 42.5 Å². The molecule has 2 rings (SSSR count). The molecular formula is C16H18N2O2. The molecule has 0 bridgehead atoms. The molecule has 2 aromatic rings. The van der Waals surface area contributed by atoms with E-state index in [1.807, 2.05) is 37.3 Å². The molecule has 0 aliphatic heterocycles. The first kappa shape index (κ1) is 13.9. The molecule has 0 saturated carbocycles. The summed E-state index contributed by atoms with van der Waals surface area (Å²) in [7, 11) is 3.29. The zero-order valence-corrected chi connectivity index (χ0v) is 11.9. The van der Waals surface area contributed by atoms with Crippen LogP contribution in [0, 0.1) is 6.92 Å². The summed E-state index contributed by atoms with van der Waals surface area (Å²) >= 11 is 0. The van der Waals surface area contributed by atoms with Crippen LogP contribution >= 0.6 is 0 Å². The fraction of sp³-hybridized carbons (Fsp3) is 0.188. The summed E-state index contributed by atoms with van der Waals surface area (Å²) in [6.45, 7) is 1.93. The number of anilines is 2. The Morgan fingerprint density at radius 1 is 1.20 bits per heavy atom. The third-order valence-corrected chi connectivity index (χ3v) is 3.19. The van der Waals surface area contributed by atoms with Crippen LogP contribution in [-0.4, -0.2) is 20.1 Å². The van der Waals surface area contributed by atoms with Gasteiger partial charge < -0.3 is 15.4 Å². The number of nitrogens with two attached hydrogens (primary N) is 1. The van der Waals surface area contributed by atoms with E-state index in [4.69, 9.17) is 10.5 Å². The zero-order valence-electron chi connectivity index (χ0n) is 11.9. The van der Waals surface area contributed by atoms with E-state index in [2.05, 4.69) is 0 Å². The molecule has 1 amide bonds. The smallest absolute Gasteiger partial charge is 0.260 e. The number of hydrogen-bond acceptors (Lipinski definition) is 3. The maximum atomic E-state index is 12.6. The van der Waals surface area contributed by atoms with Crippen LogP contribution in [0.5, 0.6) is 5.75 Å². The highest BCUT2D eigenvalue weighted by Crippen LogP contribution is 2.28. The molecule has 2 aromatic carbocycles. The third kappa shape index (κ3) is 2.59. The second-order valence-corrected chi connectivity index (χ2v) is 4.63. The number of para-hydroxylation sites is 2. The van der Waals surface area contributed by atoms with Crippen LogP contribution < -0.4 is 15.4 Å². The van der Waals surface area contributed by atoms with Crippen molar-refractivity contribution in [2.45, 2.75) is 6.92 Å². The molecule has 104 valence electrons. The van der Waals surface area contributed by atoms with Crippen LogP contribution in [0.1, 0.15) is 15.9 Å². The van der Waals surface area contributed by atoms with Gasteiger partial charge in [-0.25, -0.2) is 0 Å². The third-order valence-electron chi connectivity index (χ3n) is 3.19. The Kier molecular flexibility index (Phi) is 3.94. The predicted molar refractivity (Wildman–Crippen MR) is 81.3 cm³/mol. The van der Waals surface area contributed by atoms with Crippen molar-refractivity contribution in [1.82, 2.24) is 0 Å². The van der Waals surface area contributed by atoms with Crippen molar-refractivity contribution in [2.24, 2.45) is 0 Å². The molecule has 0 fully saturated rings. The Labute approximate surface area is 118 Å². The number of benzene rings is 2. The average Bonchev–Trinajstić information content (AvgIpc) is 2.48. The Bertz CT molecular complexity index is 638. The lowest BCUT2D eigenvalue weighted by atomic mass is 10.1. The number of amides is 1. The van der Waals surface area contributed by atoms with E-state index >= 15 is 0 Å². The van der Waals surface area contributed by atoms with Gasteiger partial charge in [0.2, 0.25) is 0 Å². The maximum absolute atomic E-state index is 12.6. The van der Waals surface area contributed by atoms with Crippen molar-refractivity contribution in [1.29, 1.82) is 0 Å². The number of carbonyl (C=O) groups is 1. The van der Waals surface area contributed by atoms with Gasteiger partial charge in [0.25, 0.3) is 5.91 Å². The van der Waals surface area contributed by atoms with E-state index in [0.29, 0.717) is 22.7 Å². The van der Waals surface area contributed by atoms with Gasteiger partial charge in [-0.15, -0.1) is 0 Å². The normalized spacial score (nSPS) is 10.2. The molecule has 4 nitrogen and oxygen atoms in total. The van der Waals surface area contributed by atoms with E-state index < -0.39 is 0 Å². The Balaban J connectivity index is 2.40. The van der Waals surface area contributed by atoms with Gasteiger partial charge in [0.05, 0.1) is 18.4 Å². The molecule has 2 N–H and O–H groups in total. The van der Waals surface area contributed by atoms with Crippen molar-refractivity contribution in [3.05, 3.63) is 53.6 Å². The Morgan fingerprint density at radius 2 is 1.90 bits per heavy atom. The minimum absolute atomic E-state index is 0.157. The number of methoxy groups -OCH3 is 1. The molecular weight excluding hydrogens is 252 g/mol. The van der Waals surface area contributed by atoms with Crippen molar-refractivity contribution in [3.8, 4) is 5.75 Å². The molecule has 0 unspecified atom stereocenters. The Morgan fingerprint density at radius 3 is 2.60 bits per heavy atom. The van der Waals surface area contributed by atoms with E-state index in [1.165, 1.54) is 0 Å².